The van der Waals surface area contributed by atoms with E-state index in [9.17, 15) is 0 Å². The Morgan fingerprint density at radius 2 is 1.92 bits per heavy atom. The number of aliphatic imine (C=N–C) groups is 1. The quantitative estimate of drug-likeness (QED) is 0.213. The van der Waals surface area contributed by atoms with Gasteiger partial charge in [0.05, 0.1) is 13.2 Å². The van der Waals surface area contributed by atoms with E-state index in [2.05, 4.69) is 41.6 Å². The topological polar surface area (TPSA) is 54.9 Å². The van der Waals surface area contributed by atoms with Gasteiger partial charge in [0, 0.05) is 33.2 Å². The van der Waals surface area contributed by atoms with Crippen molar-refractivity contribution < 1.29 is 9.47 Å². The molecule has 0 saturated heterocycles. The lowest BCUT2D eigenvalue weighted by Gasteiger charge is -2.11. The molecule has 144 valence electrons. The van der Waals surface area contributed by atoms with Crippen LogP contribution in [-0.2, 0) is 11.3 Å². The molecular weight excluding hydrogens is 429 g/mol. The van der Waals surface area contributed by atoms with Gasteiger partial charge < -0.3 is 20.1 Å². The molecular formula is C19H34IN3O2. The second-order valence-electron chi connectivity index (χ2n) is 5.67. The number of rotatable bonds is 12. The molecule has 5 nitrogen and oxygen atoms in total. The first-order chi connectivity index (χ1) is 11.8. The molecule has 6 heteroatoms. The number of ether oxygens (including phenoxy) is 2. The third-order valence-electron chi connectivity index (χ3n) is 3.50. The molecule has 0 aliphatic carbocycles. The van der Waals surface area contributed by atoms with Crippen LogP contribution in [0.2, 0.25) is 0 Å². The molecule has 2 N–H and O–H groups in total. The number of hydrogen-bond acceptors (Lipinski definition) is 3. The molecule has 1 aromatic carbocycles. The van der Waals surface area contributed by atoms with E-state index in [4.69, 9.17) is 9.47 Å². The van der Waals surface area contributed by atoms with Crippen LogP contribution in [0.15, 0.2) is 29.3 Å². The molecule has 0 saturated carbocycles. The average molecular weight is 463 g/mol. The summed E-state index contributed by atoms with van der Waals surface area (Å²) in [5.41, 5.74) is 1.14. The SMILES string of the molecule is CCCCCNC(=NCc1cccc(OCCCOC)c1)NCC.I. The van der Waals surface area contributed by atoms with Crippen LogP contribution < -0.4 is 15.4 Å². The minimum atomic E-state index is 0. The molecule has 0 aliphatic heterocycles. The Balaban J connectivity index is 0.00000576. The van der Waals surface area contributed by atoms with Gasteiger partial charge in [-0.05, 0) is 31.0 Å². The van der Waals surface area contributed by atoms with Crippen LogP contribution in [0.3, 0.4) is 0 Å². The van der Waals surface area contributed by atoms with E-state index in [1.165, 1.54) is 19.3 Å². The molecule has 0 heterocycles. The van der Waals surface area contributed by atoms with Crippen molar-refractivity contribution in [2.24, 2.45) is 4.99 Å². The van der Waals surface area contributed by atoms with Gasteiger partial charge in [-0.3, -0.25) is 0 Å². The number of hydrogen-bond donors (Lipinski definition) is 2. The monoisotopic (exact) mass is 463 g/mol. The van der Waals surface area contributed by atoms with Gasteiger partial charge in [-0.1, -0.05) is 31.9 Å². The zero-order valence-corrected chi connectivity index (χ0v) is 18.2. The van der Waals surface area contributed by atoms with Crippen molar-refractivity contribution in [2.45, 2.75) is 46.1 Å². The molecule has 0 atom stereocenters. The van der Waals surface area contributed by atoms with Crippen LogP contribution in [0.5, 0.6) is 5.75 Å². The molecule has 1 rings (SSSR count). The van der Waals surface area contributed by atoms with Gasteiger partial charge in [0.2, 0.25) is 0 Å². The Bertz CT molecular complexity index is 470. The van der Waals surface area contributed by atoms with Crippen LogP contribution in [0.25, 0.3) is 0 Å². The van der Waals surface area contributed by atoms with E-state index >= 15 is 0 Å². The lowest BCUT2D eigenvalue weighted by molar-refractivity contribution is 0.172. The van der Waals surface area contributed by atoms with Crippen molar-refractivity contribution in [3.8, 4) is 5.75 Å². The standard InChI is InChI=1S/C19H33N3O2.HI/c1-4-6-7-12-21-19(20-5-2)22-16-17-10-8-11-18(15-17)24-14-9-13-23-3;/h8,10-11,15H,4-7,9,12-14,16H2,1-3H3,(H2,20,21,22);1H. The molecule has 0 amide bonds. The highest BCUT2D eigenvalue weighted by atomic mass is 127. The summed E-state index contributed by atoms with van der Waals surface area (Å²) in [7, 11) is 1.71. The number of guanidine groups is 1. The summed E-state index contributed by atoms with van der Waals surface area (Å²) in [5, 5.41) is 6.67. The molecule has 25 heavy (non-hydrogen) atoms. The third kappa shape index (κ3) is 12.0. The van der Waals surface area contributed by atoms with Crippen LogP contribution >= 0.6 is 24.0 Å². The first-order valence-electron chi connectivity index (χ1n) is 9.03. The lowest BCUT2D eigenvalue weighted by atomic mass is 10.2. The van der Waals surface area contributed by atoms with Gasteiger partial charge in [-0.25, -0.2) is 4.99 Å². The Hall–Kier alpha value is -1.02. The van der Waals surface area contributed by atoms with Crippen LogP contribution in [-0.4, -0.2) is 39.4 Å². The van der Waals surface area contributed by atoms with E-state index in [-0.39, 0.29) is 24.0 Å². The fraction of sp³-hybridized carbons (Fsp3) is 0.632. The summed E-state index contributed by atoms with van der Waals surface area (Å²) in [6.45, 7) is 8.15. The first kappa shape index (κ1) is 24.0. The molecule has 0 unspecified atom stereocenters. The number of methoxy groups -OCH3 is 1. The van der Waals surface area contributed by atoms with Gasteiger partial charge in [0.15, 0.2) is 5.96 Å². The average Bonchev–Trinajstić information content (AvgIpc) is 2.60. The molecule has 0 aromatic heterocycles. The van der Waals surface area contributed by atoms with Crippen LogP contribution in [0.1, 0.15) is 45.1 Å². The van der Waals surface area contributed by atoms with Crippen molar-refractivity contribution in [2.75, 3.05) is 33.4 Å². The summed E-state index contributed by atoms with van der Waals surface area (Å²) >= 11 is 0. The van der Waals surface area contributed by atoms with Gasteiger partial charge in [-0.2, -0.15) is 0 Å². The Morgan fingerprint density at radius 1 is 1.08 bits per heavy atom. The van der Waals surface area contributed by atoms with E-state index in [0.717, 1.165) is 43.4 Å². The van der Waals surface area contributed by atoms with Crippen molar-refractivity contribution in [1.82, 2.24) is 10.6 Å². The van der Waals surface area contributed by atoms with Gasteiger partial charge in [0.25, 0.3) is 0 Å². The zero-order valence-electron chi connectivity index (χ0n) is 15.8. The van der Waals surface area contributed by atoms with Crippen LogP contribution in [0, 0.1) is 0 Å². The van der Waals surface area contributed by atoms with E-state index in [0.29, 0.717) is 13.2 Å². The molecule has 0 fully saturated rings. The summed E-state index contributed by atoms with van der Waals surface area (Å²) < 4.78 is 10.8. The number of nitrogens with one attached hydrogen (secondary N) is 2. The third-order valence-corrected chi connectivity index (χ3v) is 3.50. The van der Waals surface area contributed by atoms with E-state index in [1.54, 1.807) is 7.11 Å². The Labute approximate surface area is 170 Å². The fourth-order valence-electron chi connectivity index (χ4n) is 2.22. The molecule has 0 bridgehead atoms. The number of nitrogens with zero attached hydrogens (tertiary/aromatic N) is 1. The first-order valence-corrected chi connectivity index (χ1v) is 9.03. The number of halogens is 1. The van der Waals surface area contributed by atoms with Crippen molar-refractivity contribution >= 4 is 29.9 Å². The van der Waals surface area contributed by atoms with Crippen molar-refractivity contribution in [3.05, 3.63) is 29.8 Å². The van der Waals surface area contributed by atoms with E-state index < -0.39 is 0 Å². The largest absolute Gasteiger partial charge is 0.493 e. The summed E-state index contributed by atoms with van der Waals surface area (Å²) in [6, 6.07) is 8.12. The summed E-state index contributed by atoms with van der Waals surface area (Å²) in [6.07, 6.45) is 4.54. The number of benzene rings is 1. The Morgan fingerprint density at radius 3 is 2.64 bits per heavy atom. The summed E-state index contributed by atoms with van der Waals surface area (Å²) in [4.78, 5) is 4.65. The van der Waals surface area contributed by atoms with Gasteiger partial charge in [0.1, 0.15) is 5.75 Å². The maximum Gasteiger partial charge on any atom is 0.191 e. The van der Waals surface area contributed by atoms with E-state index in [1.807, 2.05) is 12.1 Å². The Kier molecular flexibility index (Phi) is 15.8. The zero-order chi connectivity index (χ0) is 17.5. The second kappa shape index (κ2) is 16.4. The summed E-state index contributed by atoms with van der Waals surface area (Å²) in [5.74, 6) is 1.76. The minimum Gasteiger partial charge on any atom is -0.493 e. The van der Waals surface area contributed by atoms with Crippen molar-refractivity contribution in [1.29, 1.82) is 0 Å². The molecule has 0 radical (unpaired) electrons. The number of unbranched alkanes of at least 4 members (excludes halogenated alkanes) is 2. The van der Waals surface area contributed by atoms with Gasteiger partial charge in [-0.15, -0.1) is 24.0 Å². The van der Waals surface area contributed by atoms with Crippen molar-refractivity contribution in [3.63, 3.8) is 0 Å². The predicted molar refractivity (Wildman–Crippen MR) is 116 cm³/mol. The maximum absolute atomic E-state index is 5.74. The highest BCUT2D eigenvalue weighted by molar-refractivity contribution is 14.0. The normalized spacial score (nSPS) is 10.9. The fourth-order valence-corrected chi connectivity index (χ4v) is 2.22. The molecule has 0 aliphatic rings. The maximum atomic E-state index is 5.74. The highest BCUT2D eigenvalue weighted by Gasteiger charge is 2.00. The smallest absolute Gasteiger partial charge is 0.191 e. The second-order valence-corrected chi connectivity index (χ2v) is 5.67. The molecule has 0 spiro atoms. The predicted octanol–water partition coefficient (Wildman–Crippen LogP) is 3.97. The van der Waals surface area contributed by atoms with Crippen LogP contribution in [0.4, 0.5) is 0 Å². The van der Waals surface area contributed by atoms with Gasteiger partial charge >= 0.3 is 0 Å². The lowest BCUT2D eigenvalue weighted by Crippen LogP contribution is -2.37. The highest BCUT2D eigenvalue weighted by Crippen LogP contribution is 2.14. The minimum absolute atomic E-state index is 0. The molecule has 1 aromatic rings.